The van der Waals surface area contributed by atoms with Crippen LogP contribution in [-0.4, -0.2) is 0 Å². The van der Waals surface area contributed by atoms with Crippen molar-refractivity contribution in [2.75, 3.05) is 0 Å². The molecule has 1 nitrogen and oxygen atoms in total. The summed E-state index contributed by atoms with van der Waals surface area (Å²) in [5.41, 5.74) is 2.30. The lowest BCUT2D eigenvalue weighted by Crippen LogP contribution is -1.72. The molecule has 0 radical (unpaired) electrons. The average Bonchev–Trinajstić information content (AvgIpc) is 2.46. The Hall–Kier alpha value is -0.810. The molecule has 56 valence electrons. The third-order valence-corrected chi connectivity index (χ3v) is 3.37. The molecule has 1 aromatic rings. The van der Waals surface area contributed by atoms with Crippen molar-refractivity contribution in [2.24, 2.45) is 0 Å². The summed E-state index contributed by atoms with van der Waals surface area (Å²) in [5.74, 6) is 0. The minimum atomic E-state index is 0.947. The van der Waals surface area contributed by atoms with E-state index in [9.17, 15) is 0 Å². The van der Waals surface area contributed by atoms with Crippen LogP contribution >= 0.6 is 11.3 Å². The number of rotatable bonds is 0. The van der Waals surface area contributed by atoms with Crippen molar-refractivity contribution < 1.29 is 0 Å². The summed E-state index contributed by atoms with van der Waals surface area (Å²) in [7, 11) is 0. The smallest absolute Gasteiger partial charge is 0.203 e. The van der Waals surface area contributed by atoms with E-state index in [0.717, 1.165) is 12.1 Å². The number of hydrogen-bond acceptors (Lipinski definition) is 1. The van der Waals surface area contributed by atoms with Crippen LogP contribution < -0.4 is 0 Å². The second kappa shape index (κ2) is 2.35. The maximum atomic E-state index is 7.00. The van der Waals surface area contributed by atoms with Gasteiger partial charge in [-0.2, -0.15) is 11.3 Å². The Morgan fingerprint density at radius 1 is 1.45 bits per heavy atom. The number of aryl methyl sites for hydroxylation is 2. The van der Waals surface area contributed by atoms with E-state index in [1.165, 1.54) is 28.2 Å². The van der Waals surface area contributed by atoms with Crippen LogP contribution in [0, 0.1) is 13.5 Å². The third kappa shape index (κ3) is 0.883. The Morgan fingerprint density at radius 2 is 2.27 bits per heavy atom. The molecular weight excluding hydrogens is 154 g/mol. The van der Waals surface area contributed by atoms with Gasteiger partial charge in [0.15, 0.2) is 0 Å². The van der Waals surface area contributed by atoms with Crippen molar-refractivity contribution in [1.82, 2.24) is 0 Å². The van der Waals surface area contributed by atoms with Crippen molar-refractivity contribution in [1.29, 1.82) is 0 Å². The largest absolute Gasteiger partial charge is 0.237 e. The van der Waals surface area contributed by atoms with Gasteiger partial charge in [-0.15, -0.1) is 0 Å². The highest BCUT2D eigenvalue weighted by atomic mass is 32.1. The Bertz CT molecular complexity index is 330. The first-order valence-electron chi connectivity index (χ1n) is 3.81. The zero-order chi connectivity index (χ0) is 7.84. The number of thiophene rings is 1. The lowest BCUT2D eigenvalue weighted by Gasteiger charge is -1.89. The maximum absolute atomic E-state index is 7.00. The molecule has 1 aliphatic rings. The predicted octanol–water partition coefficient (Wildman–Crippen LogP) is 3.10. The summed E-state index contributed by atoms with van der Waals surface area (Å²) in [6.07, 6.45) is 3.59. The highest BCUT2D eigenvalue weighted by molar-refractivity contribution is 7.12. The van der Waals surface area contributed by atoms with Crippen molar-refractivity contribution in [2.45, 2.75) is 26.2 Å². The van der Waals surface area contributed by atoms with E-state index < -0.39 is 0 Å². The van der Waals surface area contributed by atoms with Crippen LogP contribution in [-0.2, 0) is 12.8 Å². The van der Waals surface area contributed by atoms with E-state index in [4.69, 9.17) is 6.57 Å². The summed E-state index contributed by atoms with van der Waals surface area (Å²) < 4.78 is 0. The molecule has 0 fully saturated rings. The highest BCUT2D eigenvalue weighted by Crippen LogP contribution is 2.40. The van der Waals surface area contributed by atoms with Crippen LogP contribution in [0.3, 0.4) is 0 Å². The minimum absolute atomic E-state index is 0.947. The van der Waals surface area contributed by atoms with E-state index in [1.807, 2.05) is 11.3 Å². The molecule has 1 aliphatic carbocycles. The van der Waals surface area contributed by atoms with Crippen molar-refractivity contribution in [3.63, 3.8) is 0 Å². The second-order valence-electron chi connectivity index (χ2n) is 2.87. The van der Waals surface area contributed by atoms with E-state index in [1.54, 1.807) is 0 Å². The summed E-state index contributed by atoms with van der Waals surface area (Å²) in [5, 5.41) is 0. The lowest BCUT2D eigenvalue weighted by atomic mass is 10.2. The molecular formula is C9H9NS. The molecule has 0 N–H and O–H groups in total. The van der Waals surface area contributed by atoms with E-state index >= 15 is 0 Å². The molecule has 0 atom stereocenters. The molecule has 0 aliphatic heterocycles. The summed E-state index contributed by atoms with van der Waals surface area (Å²) in [4.78, 5) is 6.24. The van der Waals surface area contributed by atoms with Crippen LogP contribution in [0.25, 0.3) is 4.85 Å². The molecule has 0 spiro atoms. The van der Waals surface area contributed by atoms with Gasteiger partial charge in [0.2, 0.25) is 5.69 Å². The van der Waals surface area contributed by atoms with Gasteiger partial charge in [0, 0.05) is 4.88 Å². The summed E-state index contributed by atoms with van der Waals surface area (Å²) in [6.45, 7) is 9.05. The molecule has 1 aromatic heterocycles. The maximum Gasteiger partial charge on any atom is 0.203 e. The standard InChI is InChI=1S/C9H9NS/c1-6-9(10-2)7-4-3-5-8(7)11-6/h3-5H2,1H3. The first-order valence-corrected chi connectivity index (χ1v) is 4.63. The highest BCUT2D eigenvalue weighted by Gasteiger charge is 2.19. The monoisotopic (exact) mass is 163 g/mol. The van der Waals surface area contributed by atoms with Crippen molar-refractivity contribution in [3.8, 4) is 0 Å². The van der Waals surface area contributed by atoms with E-state index in [-0.39, 0.29) is 0 Å². The van der Waals surface area contributed by atoms with Crippen LogP contribution in [0.15, 0.2) is 0 Å². The van der Waals surface area contributed by atoms with Crippen LogP contribution in [0.5, 0.6) is 0 Å². The number of nitrogens with zero attached hydrogens (tertiary/aromatic N) is 1. The molecule has 0 amide bonds. The van der Waals surface area contributed by atoms with Gasteiger partial charge in [0.05, 0.1) is 6.57 Å². The molecule has 0 unspecified atom stereocenters. The van der Waals surface area contributed by atoms with Gasteiger partial charge < -0.3 is 0 Å². The molecule has 2 heteroatoms. The number of fused-ring (bicyclic) bond motifs is 1. The fraction of sp³-hybridized carbons (Fsp3) is 0.444. The van der Waals surface area contributed by atoms with Gasteiger partial charge in [-0.25, -0.2) is 4.85 Å². The van der Waals surface area contributed by atoms with Gasteiger partial charge in [0.25, 0.3) is 0 Å². The Morgan fingerprint density at radius 3 is 3.00 bits per heavy atom. The average molecular weight is 163 g/mol. The molecule has 1 heterocycles. The first kappa shape index (κ1) is 6.87. The quantitative estimate of drug-likeness (QED) is 0.518. The SMILES string of the molecule is [C-]#[N+]c1c(C)sc2c1CCC2. The first-order chi connectivity index (χ1) is 5.33. The number of hydrogen-bond donors (Lipinski definition) is 0. The zero-order valence-corrected chi connectivity index (χ0v) is 7.29. The van der Waals surface area contributed by atoms with Gasteiger partial charge in [-0.3, -0.25) is 0 Å². The van der Waals surface area contributed by atoms with E-state index in [0.29, 0.717) is 0 Å². The molecule has 11 heavy (non-hydrogen) atoms. The van der Waals surface area contributed by atoms with Crippen molar-refractivity contribution in [3.05, 3.63) is 26.7 Å². The second-order valence-corrected chi connectivity index (χ2v) is 4.18. The minimum Gasteiger partial charge on any atom is -0.237 e. The lowest BCUT2D eigenvalue weighted by molar-refractivity contribution is 0.915. The molecule has 2 rings (SSSR count). The molecule has 0 bridgehead atoms. The zero-order valence-electron chi connectivity index (χ0n) is 6.48. The van der Waals surface area contributed by atoms with Crippen LogP contribution in [0.2, 0.25) is 0 Å². The van der Waals surface area contributed by atoms with Crippen LogP contribution in [0.4, 0.5) is 5.69 Å². The third-order valence-electron chi connectivity index (χ3n) is 2.17. The summed E-state index contributed by atoms with van der Waals surface area (Å²) in [6, 6.07) is 0. The molecule has 0 saturated carbocycles. The van der Waals surface area contributed by atoms with Gasteiger partial charge in [0.1, 0.15) is 0 Å². The Balaban J connectivity index is 2.63. The molecule has 0 saturated heterocycles. The normalized spacial score (nSPS) is 14.5. The predicted molar refractivity (Wildman–Crippen MR) is 47.3 cm³/mol. The summed E-state index contributed by atoms with van der Waals surface area (Å²) >= 11 is 1.81. The fourth-order valence-electron chi connectivity index (χ4n) is 1.67. The van der Waals surface area contributed by atoms with Gasteiger partial charge >= 0.3 is 0 Å². The Kier molecular flexibility index (Phi) is 1.47. The Labute approximate surface area is 70.5 Å². The van der Waals surface area contributed by atoms with Gasteiger partial charge in [-0.05, 0) is 36.6 Å². The van der Waals surface area contributed by atoms with Crippen molar-refractivity contribution >= 4 is 17.0 Å². The van der Waals surface area contributed by atoms with E-state index in [2.05, 4.69) is 11.8 Å². The topological polar surface area (TPSA) is 4.36 Å². The fourth-order valence-corrected chi connectivity index (χ4v) is 2.87. The van der Waals surface area contributed by atoms with Gasteiger partial charge in [-0.1, -0.05) is 0 Å². The molecule has 0 aromatic carbocycles. The van der Waals surface area contributed by atoms with Crippen LogP contribution in [0.1, 0.15) is 21.7 Å².